The van der Waals surface area contributed by atoms with Gasteiger partial charge < -0.3 is 14.6 Å². The van der Waals surface area contributed by atoms with Gasteiger partial charge in [0.2, 0.25) is 0 Å². The van der Waals surface area contributed by atoms with Crippen molar-refractivity contribution in [2.24, 2.45) is 0 Å². The lowest BCUT2D eigenvalue weighted by Gasteiger charge is -2.42. The van der Waals surface area contributed by atoms with E-state index in [4.69, 9.17) is 4.42 Å². The molecule has 0 atom stereocenters. The van der Waals surface area contributed by atoms with Crippen LogP contribution in [0.2, 0.25) is 0 Å². The summed E-state index contributed by atoms with van der Waals surface area (Å²) in [6, 6.07) is 11.3. The summed E-state index contributed by atoms with van der Waals surface area (Å²) in [7, 11) is 0. The van der Waals surface area contributed by atoms with Gasteiger partial charge in [-0.3, -0.25) is 9.59 Å². The molecule has 4 rings (SSSR count). The predicted molar refractivity (Wildman–Crippen MR) is 113 cm³/mol. The number of rotatable bonds is 5. The van der Waals surface area contributed by atoms with Gasteiger partial charge in [0, 0.05) is 23.3 Å². The number of hydrogen-bond acceptors (Lipinski definition) is 3. The number of nitrogens with zero attached hydrogens (tertiary/aromatic N) is 1. The number of benzene rings is 1. The molecule has 0 spiro atoms. The molecule has 5 nitrogen and oxygen atoms in total. The highest BCUT2D eigenvalue weighted by Crippen LogP contribution is 2.31. The number of furan rings is 1. The van der Waals surface area contributed by atoms with Crippen LogP contribution in [0.1, 0.15) is 85.1 Å². The molecule has 0 radical (unpaired) electrons. The third kappa shape index (κ3) is 4.72. The van der Waals surface area contributed by atoms with Gasteiger partial charge >= 0.3 is 0 Å². The third-order valence-electron chi connectivity index (χ3n) is 6.31. The molecule has 0 saturated heterocycles. The van der Waals surface area contributed by atoms with Crippen LogP contribution in [-0.4, -0.2) is 28.8 Å². The number of nitrogens with one attached hydrogen (secondary N) is 1. The maximum atomic E-state index is 13.5. The van der Waals surface area contributed by atoms with Crippen molar-refractivity contribution in [3.63, 3.8) is 0 Å². The van der Waals surface area contributed by atoms with Crippen molar-refractivity contribution in [2.75, 3.05) is 5.32 Å². The lowest BCUT2D eigenvalue weighted by atomic mass is 9.88. The highest BCUT2D eigenvalue weighted by Gasteiger charge is 2.32. The van der Waals surface area contributed by atoms with E-state index in [9.17, 15) is 9.59 Å². The lowest BCUT2D eigenvalue weighted by molar-refractivity contribution is 0.0448. The van der Waals surface area contributed by atoms with Gasteiger partial charge in [-0.15, -0.1) is 0 Å². The average Bonchev–Trinajstić information content (AvgIpc) is 3.31. The van der Waals surface area contributed by atoms with E-state index in [2.05, 4.69) is 10.2 Å². The molecule has 154 valence electrons. The molecule has 0 aliphatic heterocycles. The second kappa shape index (κ2) is 9.29. The number of anilines is 1. The van der Waals surface area contributed by atoms with Crippen molar-refractivity contribution in [2.45, 2.75) is 76.3 Å². The Balaban J connectivity index is 1.48. The van der Waals surface area contributed by atoms with E-state index >= 15 is 0 Å². The van der Waals surface area contributed by atoms with Crippen molar-refractivity contribution in [3.8, 4) is 0 Å². The summed E-state index contributed by atoms with van der Waals surface area (Å²) in [4.78, 5) is 27.8. The predicted octanol–water partition coefficient (Wildman–Crippen LogP) is 5.64. The fourth-order valence-corrected chi connectivity index (χ4v) is 4.79. The molecule has 29 heavy (non-hydrogen) atoms. The van der Waals surface area contributed by atoms with E-state index < -0.39 is 0 Å². The summed E-state index contributed by atoms with van der Waals surface area (Å²) in [5.41, 5.74) is 1.36. The van der Waals surface area contributed by atoms with E-state index in [-0.39, 0.29) is 17.6 Å². The molecular weight excluding hydrogens is 364 g/mol. The summed E-state index contributed by atoms with van der Waals surface area (Å²) < 4.78 is 5.12. The quantitative estimate of drug-likeness (QED) is 0.714. The van der Waals surface area contributed by atoms with Crippen LogP contribution in [-0.2, 0) is 0 Å². The minimum absolute atomic E-state index is 0.146. The van der Waals surface area contributed by atoms with Crippen LogP contribution in [0.5, 0.6) is 0 Å². The first-order valence-electron chi connectivity index (χ1n) is 11.0. The molecule has 1 aromatic heterocycles. The SMILES string of the molecule is O=C(Nc1ccc(C(=O)N(C2CCCCC2)C2CCCCC2)cc1)c1ccco1. The van der Waals surface area contributed by atoms with E-state index in [0.29, 0.717) is 23.3 Å². The van der Waals surface area contributed by atoms with Gasteiger partial charge in [-0.2, -0.15) is 0 Å². The largest absolute Gasteiger partial charge is 0.459 e. The molecule has 1 N–H and O–H groups in total. The van der Waals surface area contributed by atoms with Gasteiger partial charge in [-0.1, -0.05) is 38.5 Å². The summed E-state index contributed by atoms with van der Waals surface area (Å²) >= 11 is 0. The fourth-order valence-electron chi connectivity index (χ4n) is 4.79. The Kier molecular flexibility index (Phi) is 6.33. The van der Waals surface area contributed by atoms with E-state index in [1.165, 1.54) is 44.8 Å². The summed E-state index contributed by atoms with van der Waals surface area (Å²) in [6.45, 7) is 0. The number of hydrogen-bond donors (Lipinski definition) is 1. The molecule has 2 amide bonds. The first-order valence-corrected chi connectivity index (χ1v) is 11.0. The Morgan fingerprint density at radius 1 is 0.828 bits per heavy atom. The van der Waals surface area contributed by atoms with Crippen LogP contribution in [0, 0.1) is 0 Å². The van der Waals surface area contributed by atoms with Gasteiger partial charge in [0.15, 0.2) is 5.76 Å². The lowest BCUT2D eigenvalue weighted by Crippen LogP contribution is -2.48. The van der Waals surface area contributed by atoms with Crippen LogP contribution in [0.25, 0.3) is 0 Å². The van der Waals surface area contributed by atoms with Crippen LogP contribution >= 0.6 is 0 Å². The molecule has 2 fully saturated rings. The Morgan fingerprint density at radius 2 is 1.41 bits per heavy atom. The Labute approximate surface area is 172 Å². The summed E-state index contributed by atoms with van der Waals surface area (Å²) in [5, 5.41) is 2.81. The second-order valence-electron chi connectivity index (χ2n) is 8.30. The van der Waals surface area contributed by atoms with Gasteiger partial charge in [-0.25, -0.2) is 0 Å². The van der Waals surface area contributed by atoms with Crippen LogP contribution in [0.4, 0.5) is 5.69 Å². The van der Waals surface area contributed by atoms with Gasteiger partial charge in [0.05, 0.1) is 6.26 Å². The van der Waals surface area contributed by atoms with Crippen molar-refractivity contribution in [1.82, 2.24) is 4.90 Å². The highest BCUT2D eigenvalue weighted by molar-refractivity contribution is 6.02. The molecule has 2 aromatic rings. The molecule has 2 saturated carbocycles. The first-order chi connectivity index (χ1) is 14.2. The topological polar surface area (TPSA) is 62.6 Å². The molecule has 5 heteroatoms. The van der Waals surface area contributed by atoms with E-state index in [0.717, 1.165) is 25.7 Å². The minimum Gasteiger partial charge on any atom is -0.459 e. The zero-order valence-electron chi connectivity index (χ0n) is 16.9. The Morgan fingerprint density at radius 3 is 1.93 bits per heavy atom. The standard InChI is InChI=1S/C24H30N2O3/c27-23(22-12-7-17-29-22)25-19-15-13-18(14-16-19)24(28)26(20-8-3-1-4-9-20)21-10-5-2-6-11-21/h7,12-17,20-21H,1-6,8-11H2,(H,25,27). The molecule has 2 aliphatic rings. The fraction of sp³-hybridized carbons (Fsp3) is 0.500. The van der Waals surface area contributed by atoms with E-state index in [1.807, 2.05) is 12.1 Å². The van der Waals surface area contributed by atoms with Crippen molar-refractivity contribution in [3.05, 3.63) is 54.0 Å². The summed E-state index contributed by atoms with van der Waals surface area (Å²) in [5.74, 6) is 0.124. The minimum atomic E-state index is -0.292. The molecule has 1 heterocycles. The normalized spacial score (nSPS) is 18.3. The maximum absolute atomic E-state index is 13.5. The van der Waals surface area contributed by atoms with Crippen molar-refractivity contribution < 1.29 is 14.0 Å². The van der Waals surface area contributed by atoms with Gasteiger partial charge in [-0.05, 0) is 62.1 Å². The number of carbonyl (C=O) groups is 2. The zero-order chi connectivity index (χ0) is 20.1. The molecule has 0 unspecified atom stereocenters. The monoisotopic (exact) mass is 394 g/mol. The zero-order valence-corrected chi connectivity index (χ0v) is 16.9. The van der Waals surface area contributed by atoms with Crippen LogP contribution in [0.3, 0.4) is 0 Å². The Bertz CT molecular complexity index is 783. The second-order valence-corrected chi connectivity index (χ2v) is 8.30. The smallest absolute Gasteiger partial charge is 0.291 e. The van der Waals surface area contributed by atoms with Gasteiger partial charge in [0.1, 0.15) is 0 Å². The first kappa shape index (κ1) is 19.7. The molecular formula is C24H30N2O3. The molecule has 1 aromatic carbocycles. The maximum Gasteiger partial charge on any atom is 0.291 e. The molecule has 0 bridgehead atoms. The average molecular weight is 395 g/mol. The van der Waals surface area contributed by atoms with E-state index in [1.54, 1.807) is 24.3 Å². The van der Waals surface area contributed by atoms with Gasteiger partial charge in [0.25, 0.3) is 11.8 Å². The number of carbonyl (C=O) groups excluding carboxylic acids is 2. The summed E-state index contributed by atoms with van der Waals surface area (Å²) in [6.07, 6.45) is 13.4. The van der Waals surface area contributed by atoms with Crippen LogP contribution < -0.4 is 5.32 Å². The van der Waals surface area contributed by atoms with Crippen molar-refractivity contribution in [1.29, 1.82) is 0 Å². The highest BCUT2D eigenvalue weighted by atomic mass is 16.3. The van der Waals surface area contributed by atoms with Crippen LogP contribution in [0.15, 0.2) is 47.1 Å². The number of amides is 2. The molecule has 2 aliphatic carbocycles. The van der Waals surface area contributed by atoms with Crippen molar-refractivity contribution >= 4 is 17.5 Å². The third-order valence-corrected chi connectivity index (χ3v) is 6.31. The Hall–Kier alpha value is -2.56.